The van der Waals surface area contributed by atoms with Crippen LogP contribution in [0.3, 0.4) is 0 Å². The van der Waals surface area contributed by atoms with Crippen molar-refractivity contribution in [1.82, 2.24) is 10.6 Å². The van der Waals surface area contributed by atoms with Crippen LogP contribution in [0.4, 0.5) is 4.79 Å². The van der Waals surface area contributed by atoms with Gasteiger partial charge in [0, 0.05) is 19.1 Å². The lowest BCUT2D eigenvalue weighted by atomic mass is 9.83. The molecule has 3 N–H and O–H groups in total. The van der Waals surface area contributed by atoms with Crippen LogP contribution in [0.2, 0.25) is 0 Å². The molecule has 0 bridgehead atoms. The van der Waals surface area contributed by atoms with Gasteiger partial charge in [0.25, 0.3) is 0 Å². The molecule has 1 rings (SSSR count). The Morgan fingerprint density at radius 1 is 1.67 bits per heavy atom. The molecule has 0 radical (unpaired) electrons. The predicted molar refractivity (Wildman–Crippen MR) is 46.2 cm³/mol. The van der Waals surface area contributed by atoms with Gasteiger partial charge in [-0.15, -0.1) is 0 Å². The lowest BCUT2D eigenvalue weighted by Gasteiger charge is -2.35. The van der Waals surface area contributed by atoms with Crippen LogP contribution in [-0.2, 0) is 0 Å². The topological polar surface area (TPSA) is 61.4 Å². The number of amides is 1. The van der Waals surface area contributed by atoms with Crippen molar-refractivity contribution in [2.24, 2.45) is 5.41 Å². The molecule has 1 saturated heterocycles. The molecule has 1 atom stereocenters. The van der Waals surface area contributed by atoms with Gasteiger partial charge in [-0.2, -0.15) is 0 Å². The molecule has 0 unspecified atom stereocenters. The van der Waals surface area contributed by atoms with Crippen LogP contribution in [0.5, 0.6) is 0 Å². The second kappa shape index (κ2) is 3.31. The third kappa shape index (κ3) is 2.70. The molecule has 1 aliphatic rings. The Hall–Kier alpha value is -0.770. The first-order chi connectivity index (χ1) is 5.49. The highest BCUT2D eigenvalue weighted by Gasteiger charge is 2.28. The summed E-state index contributed by atoms with van der Waals surface area (Å²) < 4.78 is 0. The second-order valence-corrected chi connectivity index (χ2v) is 4.15. The van der Waals surface area contributed by atoms with Crippen LogP contribution >= 0.6 is 0 Å². The molecule has 4 heteroatoms. The van der Waals surface area contributed by atoms with E-state index in [1.54, 1.807) is 0 Å². The van der Waals surface area contributed by atoms with Crippen molar-refractivity contribution in [1.29, 1.82) is 0 Å². The highest BCUT2D eigenvalue weighted by molar-refractivity contribution is 5.64. The minimum atomic E-state index is -0.931. The van der Waals surface area contributed by atoms with E-state index in [1.165, 1.54) is 0 Å². The van der Waals surface area contributed by atoms with E-state index in [9.17, 15) is 4.79 Å². The van der Waals surface area contributed by atoms with Crippen LogP contribution in [0.1, 0.15) is 20.3 Å². The van der Waals surface area contributed by atoms with E-state index in [-0.39, 0.29) is 11.5 Å². The Morgan fingerprint density at radius 2 is 2.33 bits per heavy atom. The summed E-state index contributed by atoms with van der Waals surface area (Å²) in [6.45, 7) is 5.98. The first-order valence-electron chi connectivity index (χ1n) is 4.20. The third-order valence-electron chi connectivity index (χ3n) is 2.12. The maximum Gasteiger partial charge on any atom is 0.404 e. The van der Waals surface area contributed by atoms with Crippen molar-refractivity contribution in [3.8, 4) is 0 Å². The van der Waals surface area contributed by atoms with Crippen LogP contribution in [0.15, 0.2) is 0 Å². The van der Waals surface area contributed by atoms with E-state index in [1.807, 2.05) is 0 Å². The van der Waals surface area contributed by atoms with Crippen molar-refractivity contribution in [2.75, 3.05) is 13.1 Å². The fourth-order valence-electron chi connectivity index (χ4n) is 1.67. The molecule has 1 fully saturated rings. The molecule has 1 amide bonds. The summed E-state index contributed by atoms with van der Waals surface area (Å²) in [4.78, 5) is 10.3. The van der Waals surface area contributed by atoms with Crippen molar-refractivity contribution in [3.05, 3.63) is 0 Å². The summed E-state index contributed by atoms with van der Waals surface area (Å²) in [7, 11) is 0. The Morgan fingerprint density at radius 3 is 2.83 bits per heavy atom. The van der Waals surface area contributed by atoms with Crippen molar-refractivity contribution in [3.63, 3.8) is 0 Å². The van der Waals surface area contributed by atoms with Crippen LogP contribution in [0, 0.1) is 5.41 Å². The van der Waals surface area contributed by atoms with Gasteiger partial charge in [0.2, 0.25) is 0 Å². The fraction of sp³-hybridized carbons (Fsp3) is 0.875. The van der Waals surface area contributed by atoms with Crippen molar-refractivity contribution < 1.29 is 9.90 Å². The average molecular weight is 172 g/mol. The molecule has 0 saturated carbocycles. The zero-order chi connectivity index (χ0) is 9.19. The van der Waals surface area contributed by atoms with Crippen molar-refractivity contribution in [2.45, 2.75) is 26.3 Å². The third-order valence-corrected chi connectivity index (χ3v) is 2.12. The number of piperidine rings is 1. The largest absolute Gasteiger partial charge is 0.465 e. The first-order valence-corrected chi connectivity index (χ1v) is 4.20. The highest BCUT2D eigenvalue weighted by atomic mass is 16.4. The normalized spacial score (nSPS) is 28.0. The molecular weight excluding hydrogens is 156 g/mol. The lowest BCUT2D eigenvalue weighted by molar-refractivity contribution is 0.172. The molecule has 0 aliphatic carbocycles. The summed E-state index contributed by atoms with van der Waals surface area (Å²) in [5.41, 5.74) is 0.200. The predicted octanol–water partition coefficient (Wildman–Crippen LogP) is 0.642. The first kappa shape index (κ1) is 9.32. The van der Waals surface area contributed by atoms with Gasteiger partial charge in [-0.3, -0.25) is 0 Å². The maximum absolute atomic E-state index is 10.3. The molecule has 0 aromatic rings. The van der Waals surface area contributed by atoms with Crippen LogP contribution in [-0.4, -0.2) is 30.3 Å². The van der Waals surface area contributed by atoms with Crippen molar-refractivity contribution >= 4 is 6.09 Å². The number of hydrogen-bond donors (Lipinski definition) is 3. The highest BCUT2D eigenvalue weighted by Crippen LogP contribution is 2.23. The van der Waals surface area contributed by atoms with E-state index in [4.69, 9.17) is 5.11 Å². The maximum atomic E-state index is 10.3. The second-order valence-electron chi connectivity index (χ2n) is 4.15. The monoisotopic (exact) mass is 172 g/mol. The number of rotatable bonds is 1. The molecule has 70 valence electrons. The standard InChI is InChI=1S/C8H16N2O2/c1-8(2)3-6(4-9-5-8)10-7(11)12/h6,9-10H,3-5H2,1-2H3,(H,11,12)/t6-/m1/s1. The van der Waals surface area contributed by atoms with E-state index in [2.05, 4.69) is 24.5 Å². The smallest absolute Gasteiger partial charge is 0.404 e. The molecule has 12 heavy (non-hydrogen) atoms. The van der Waals surface area contributed by atoms with E-state index >= 15 is 0 Å². The Balaban J connectivity index is 2.41. The molecular formula is C8H16N2O2. The Kier molecular flexibility index (Phi) is 2.57. The minimum Gasteiger partial charge on any atom is -0.465 e. The zero-order valence-corrected chi connectivity index (χ0v) is 7.55. The van der Waals surface area contributed by atoms with Gasteiger partial charge in [-0.25, -0.2) is 4.79 Å². The Bertz CT molecular complexity index is 180. The van der Waals surface area contributed by atoms with Gasteiger partial charge in [-0.05, 0) is 11.8 Å². The molecule has 0 aromatic carbocycles. The lowest BCUT2D eigenvalue weighted by Crippen LogP contribution is -2.51. The van der Waals surface area contributed by atoms with Gasteiger partial charge < -0.3 is 15.7 Å². The molecule has 1 aliphatic heterocycles. The van der Waals surface area contributed by atoms with E-state index in [0.717, 1.165) is 19.5 Å². The summed E-state index contributed by atoms with van der Waals surface area (Å²) in [5.74, 6) is 0. The Labute approximate surface area is 72.3 Å². The summed E-state index contributed by atoms with van der Waals surface area (Å²) >= 11 is 0. The van der Waals surface area contributed by atoms with E-state index < -0.39 is 6.09 Å². The van der Waals surface area contributed by atoms with E-state index in [0.29, 0.717) is 0 Å². The molecule has 0 aromatic heterocycles. The zero-order valence-electron chi connectivity index (χ0n) is 7.55. The fourth-order valence-corrected chi connectivity index (χ4v) is 1.67. The number of hydrogen-bond acceptors (Lipinski definition) is 2. The number of carboxylic acid groups (broad SMARTS) is 1. The quantitative estimate of drug-likeness (QED) is 0.544. The van der Waals surface area contributed by atoms with Gasteiger partial charge in [-0.1, -0.05) is 13.8 Å². The van der Waals surface area contributed by atoms with Gasteiger partial charge in [0.1, 0.15) is 0 Å². The van der Waals surface area contributed by atoms with Crippen LogP contribution < -0.4 is 10.6 Å². The van der Waals surface area contributed by atoms with Crippen LogP contribution in [0.25, 0.3) is 0 Å². The van der Waals surface area contributed by atoms with Gasteiger partial charge in [0.05, 0.1) is 0 Å². The summed E-state index contributed by atoms with van der Waals surface area (Å²) in [6, 6.07) is 0.0613. The number of nitrogens with one attached hydrogen (secondary N) is 2. The number of carbonyl (C=O) groups is 1. The minimum absolute atomic E-state index is 0.0613. The SMILES string of the molecule is CC1(C)CNC[C@H](NC(=O)O)C1. The summed E-state index contributed by atoms with van der Waals surface area (Å²) in [5, 5.41) is 14.2. The summed E-state index contributed by atoms with van der Waals surface area (Å²) in [6.07, 6.45) is -0.0220. The molecule has 1 heterocycles. The molecule has 4 nitrogen and oxygen atoms in total. The average Bonchev–Trinajstić information content (AvgIpc) is 1.82. The van der Waals surface area contributed by atoms with Gasteiger partial charge in [0.15, 0.2) is 0 Å². The molecule has 0 spiro atoms. The van der Waals surface area contributed by atoms with Gasteiger partial charge >= 0.3 is 6.09 Å².